The van der Waals surface area contributed by atoms with E-state index >= 15 is 0 Å². The maximum atomic E-state index is 11.4. The van der Waals surface area contributed by atoms with E-state index in [2.05, 4.69) is 4.98 Å². The van der Waals surface area contributed by atoms with Gasteiger partial charge >= 0.3 is 5.97 Å². The zero-order valence-electron chi connectivity index (χ0n) is 11.1. The molecule has 1 aliphatic rings. The fraction of sp³-hybridized carbons (Fsp3) is 0.250. The number of para-hydroxylation sites is 1. The molecule has 0 bridgehead atoms. The zero-order chi connectivity index (χ0) is 13.9. The van der Waals surface area contributed by atoms with Crippen molar-refractivity contribution < 1.29 is 9.90 Å². The molecule has 3 rings (SSSR count). The van der Waals surface area contributed by atoms with Crippen LogP contribution in [0.5, 0.6) is 0 Å². The van der Waals surface area contributed by atoms with Gasteiger partial charge in [-0.25, -0.2) is 4.79 Å². The molecule has 2 aromatic rings. The highest BCUT2D eigenvalue weighted by molar-refractivity contribution is 5.82. The molecule has 4 nitrogen and oxygen atoms in total. The lowest BCUT2D eigenvalue weighted by atomic mass is 10.1. The van der Waals surface area contributed by atoms with E-state index in [1.54, 1.807) is 6.20 Å². The number of carbonyl (C=O) groups is 1. The summed E-state index contributed by atoms with van der Waals surface area (Å²) < 4.78 is 0. The number of pyridine rings is 1. The van der Waals surface area contributed by atoms with E-state index in [0.717, 1.165) is 23.2 Å². The van der Waals surface area contributed by atoms with Gasteiger partial charge < -0.3 is 10.0 Å². The average Bonchev–Trinajstić information content (AvgIpc) is 2.85. The van der Waals surface area contributed by atoms with E-state index in [1.807, 2.05) is 47.5 Å². The number of carboxylic acid groups (broad SMARTS) is 1. The van der Waals surface area contributed by atoms with Gasteiger partial charge in [-0.15, -0.1) is 0 Å². The lowest BCUT2D eigenvalue weighted by molar-refractivity contribution is -0.138. The van der Waals surface area contributed by atoms with Crippen LogP contribution >= 0.6 is 0 Å². The minimum absolute atomic E-state index is 0.455. The van der Waals surface area contributed by atoms with Crippen LogP contribution in [0.3, 0.4) is 0 Å². The van der Waals surface area contributed by atoms with Crippen molar-refractivity contribution in [3.05, 3.63) is 59.9 Å². The lowest BCUT2D eigenvalue weighted by Crippen LogP contribution is -2.39. The Morgan fingerprint density at radius 2 is 2.15 bits per heavy atom. The molecular formula is C16H16N2O2. The lowest BCUT2D eigenvalue weighted by Gasteiger charge is -2.24. The van der Waals surface area contributed by atoms with Crippen molar-refractivity contribution in [3.63, 3.8) is 0 Å². The first-order valence-electron chi connectivity index (χ1n) is 6.72. The molecule has 1 unspecified atom stereocenters. The summed E-state index contributed by atoms with van der Waals surface area (Å²) in [6, 6.07) is 11.4. The highest BCUT2D eigenvalue weighted by Gasteiger charge is 2.33. The normalized spacial score (nSPS) is 17.0. The van der Waals surface area contributed by atoms with Gasteiger partial charge in [-0.2, -0.15) is 0 Å². The third kappa shape index (κ3) is 2.37. The summed E-state index contributed by atoms with van der Waals surface area (Å²) in [4.78, 5) is 17.5. The molecule has 1 aromatic carbocycles. The van der Waals surface area contributed by atoms with Crippen molar-refractivity contribution in [2.24, 2.45) is 0 Å². The van der Waals surface area contributed by atoms with Crippen LogP contribution in [-0.2, 0) is 17.6 Å². The number of benzene rings is 1. The molecule has 0 fully saturated rings. The van der Waals surface area contributed by atoms with Crippen LogP contribution < -0.4 is 4.90 Å². The molecule has 0 spiro atoms. The molecular weight excluding hydrogens is 252 g/mol. The van der Waals surface area contributed by atoms with Crippen LogP contribution in [0.1, 0.15) is 11.1 Å². The second kappa shape index (κ2) is 5.33. The first kappa shape index (κ1) is 12.7. The Morgan fingerprint density at radius 3 is 2.90 bits per heavy atom. The summed E-state index contributed by atoms with van der Waals surface area (Å²) in [6.07, 6.45) is 4.96. The molecule has 1 N–H and O–H groups in total. The van der Waals surface area contributed by atoms with Crippen molar-refractivity contribution in [1.82, 2.24) is 4.98 Å². The monoisotopic (exact) mass is 268 g/mol. The fourth-order valence-electron chi connectivity index (χ4n) is 2.74. The third-order valence-electron chi connectivity index (χ3n) is 3.74. The Labute approximate surface area is 117 Å². The molecule has 20 heavy (non-hydrogen) atoms. The van der Waals surface area contributed by atoms with Crippen LogP contribution in [0.4, 0.5) is 5.69 Å². The van der Waals surface area contributed by atoms with Gasteiger partial charge in [-0.1, -0.05) is 24.3 Å². The maximum absolute atomic E-state index is 11.4. The van der Waals surface area contributed by atoms with Crippen LogP contribution in [0.15, 0.2) is 48.8 Å². The van der Waals surface area contributed by atoms with E-state index < -0.39 is 12.0 Å². The van der Waals surface area contributed by atoms with Gasteiger partial charge in [0.05, 0.1) is 0 Å². The maximum Gasteiger partial charge on any atom is 0.326 e. The Hall–Kier alpha value is -2.36. The molecule has 2 heterocycles. The molecule has 0 saturated carbocycles. The number of nitrogens with zero attached hydrogens (tertiary/aromatic N) is 2. The average molecular weight is 268 g/mol. The molecule has 1 aliphatic heterocycles. The number of fused-ring (bicyclic) bond motifs is 1. The minimum atomic E-state index is -0.757. The number of hydrogen-bond donors (Lipinski definition) is 1. The van der Waals surface area contributed by atoms with Gasteiger partial charge in [0.2, 0.25) is 0 Å². The van der Waals surface area contributed by atoms with Gasteiger partial charge in [-0.3, -0.25) is 4.98 Å². The quantitative estimate of drug-likeness (QED) is 0.923. The van der Waals surface area contributed by atoms with E-state index in [9.17, 15) is 9.90 Å². The van der Waals surface area contributed by atoms with Crippen LogP contribution in [0.25, 0.3) is 0 Å². The predicted octanol–water partition coefficient (Wildman–Crippen LogP) is 2.14. The molecule has 0 radical (unpaired) electrons. The molecule has 0 amide bonds. The number of aliphatic carboxylic acids is 1. The molecule has 4 heteroatoms. The number of hydrogen-bond acceptors (Lipinski definition) is 3. The summed E-state index contributed by atoms with van der Waals surface area (Å²) in [5, 5.41) is 9.40. The summed E-state index contributed by atoms with van der Waals surface area (Å²) >= 11 is 0. The number of aromatic nitrogens is 1. The Bertz CT molecular complexity index is 613. The van der Waals surface area contributed by atoms with Crippen LogP contribution in [0.2, 0.25) is 0 Å². The summed E-state index contributed by atoms with van der Waals surface area (Å²) in [6.45, 7) is 0.694. The van der Waals surface area contributed by atoms with Crippen molar-refractivity contribution in [3.8, 4) is 0 Å². The van der Waals surface area contributed by atoms with Crippen molar-refractivity contribution in [1.29, 1.82) is 0 Å². The van der Waals surface area contributed by atoms with Crippen molar-refractivity contribution in [2.75, 3.05) is 11.4 Å². The van der Waals surface area contributed by atoms with Gasteiger partial charge in [-0.05, 0) is 29.7 Å². The highest BCUT2D eigenvalue weighted by Crippen LogP contribution is 2.32. The largest absolute Gasteiger partial charge is 0.480 e. The second-order valence-electron chi connectivity index (χ2n) is 4.99. The molecule has 0 aliphatic carbocycles. The molecule has 1 aromatic heterocycles. The SMILES string of the molecule is O=C(O)C1Cc2ccccc2N1CCc1cccnc1. The summed E-state index contributed by atoms with van der Waals surface area (Å²) in [5.41, 5.74) is 3.29. The Kier molecular flexibility index (Phi) is 3.37. The van der Waals surface area contributed by atoms with E-state index in [-0.39, 0.29) is 0 Å². The number of rotatable bonds is 4. The minimum Gasteiger partial charge on any atom is -0.480 e. The van der Waals surface area contributed by atoms with Gasteiger partial charge in [0.15, 0.2) is 0 Å². The Balaban J connectivity index is 1.80. The highest BCUT2D eigenvalue weighted by atomic mass is 16.4. The first-order valence-corrected chi connectivity index (χ1v) is 6.72. The summed E-state index contributed by atoms with van der Waals surface area (Å²) in [7, 11) is 0. The van der Waals surface area contributed by atoms with E-state index in [4.69, 9.17) is 0 Å². The van der Waals surface area contributed by atoms with Gasteiger partial charge in [0, 0.05) is 31.0 Å². The van der Waals surface area contributed by atoms with Crippen LogP contribution in [0, 0.1) is 0 Å². The smallest absolute Gasteiger partial charge is 0.326 e. The third-order valence-corrected chi connectivity index (χ3v) is 3.74. The first-order chi connectivity index (χ1) is 9.75. The Morgan fingerprint density at radius 1 is 1.30 bits per heavy atom. The van der Waals surface area contributed by atoms with E-state index in [1.165, 1.54) is 0 Å². The second-order valence-corrected chi connectivity index (χ2v) is 4.99. The number of anilines is 1. The van der Waals surface area contributed by atoms with Gasteiger partial charge in [0.25, 0.3) is 0 Å². The zero-order valence-corrected chi connectivity index (χ0v) is 11.1. The topological polar surface area (TPSA) is 53.4 Å². The van der Waals surface area contributed by atoms with Crippen molar-refractivity contribution >= 4 is 11.7 Å². The van der Waals surface area contributed by atoms with E-state index in [0.29, 0.717) is 13.0 Å². The molecule has 102 valence electrons. The number of carboxylic acids is 1. The van der Waals surface area contributed by atoms with Gasteiger partial charge in [0.1, 0.15) is 6.04 Å². The van der Waals surface area contributed by atoms with Crippen LogP contribution in [-0.4, -0.2) is 28.6 Å². The fourth-order valence-corrected chi connectivity index (χ4v) is 2.74. The predicted molar refractivity (Wildman–Crippen MR) is 76.9 cm³/mol. The molecule has 0 saturated heterocycles. The standard InChI is InChI=1S/C16H16N2O2/c19-16(20)15-10-13-5-1-2-6-14(13)18(15)9-7-12-4-3-8-17-11-12/h1-6,8,11,15H,7,9-10H2,(H,19,20). The molecule has 1 atom stereocenters. The summed E-state index contributed by atoms with van der Waals surface area (Å²) in [5.74, 6) is -0.757. The van der Waals surface area contributed by atoms with Crippen molar-refractivity contribution in [2.45, 2.75) is 18.9 Å².